The number of amides is 2. The molecule has 2 aromatic carbocycles. The minimum atomic E-state index is -0.705. The average Bonchev–Trinajstić information content (AvgIpc) is 2.82. The monoisotopic (exact) mass is 431 g/mol. The van der Waals surface area contributed by atoms with Gasteiger partial charge in [0.2, 0.25) is 5.91 Å². The van der Waals surface area contributed by atoms with E-state index < -0.39 is 12.1 Å². The summed E-state index contributed by atoms with van der Waals surface area (Å²) >= 11 is 0. The van der Waals surface area contributed by atoms with Gasteiger partial charge in [-0.25, -0.2) is 0 Å². The number of benzene rings is 2. The van der Waals surface area contributed by atoms with Gasteiger partial charge in [-0.05, 0) is 54.8 Å². The van der Waals surface area contributed by atoms with Crippen LogP contribution in [-0.4, -0.2) is 29.4 Å². The van der Waals surface area contributed by atoms with Crippen LogP contribution in [-0.2, 0) is 4.79 Å². The van der Waals surface area contributed by atoms with Crippen LogP contribution in [0.25, 0.3) is 0 Å². The Hall–Kier alpha value is -3.67. The van der Waals surface area contributed by atoms with Gasteiger partial charge in [0, 0.05) is 11.8 Å². The molecule has 1 heterocycles. The van der Waals surface area contributed by atoms with Gasteiger partial charge in [-0.3, -0.25) is 14.6 Å². The molecule has 0 saturated carbocycles. The fourth-order valence-corrected chi connectivity index (χ4v) is 3.38. The molecule has 0 radical (unpaired) electrons. The van der Waals surface area contributed by atoms with Crippen LogP contribution in [0.5, 0.6) is 5.75 Å². The molecule has 0 aliphatic rings. The number of pyridine rings is 1. The van der Waals surface area contributed by atoms with Gasteiger partial charge in [0.15, 0.2) is 0 Å². The van der Waals surface area contributed by atoms with E-state index in [4.69, 9.17) is 4.74 Å². The van der Waals surface area contributed by atoms with Crippen molar-refractivity contribution in [2.45, 2.75) is 32.9 Å². The van der Waals surface area contributed by atoms with Gasteiger partial charge in [-0.2, -0.15) is 0 Å². The molecule has 166 valence electrons. The third-order valence-corrected chi connectivity index (χ3v) is 5.07. The molecule has 0 fully saturated rings. The smallest absolute Gasteiger partial charge is 0.251 e. The Bertz CT molecular complexity index is 966. The maximum Gasteiger partial charge on any atom is 0.251 e. The summed E-state index contributed by atoms with van der Waals surface area (Å²) in [7, 11) is 0. The number of hydrogen-bond acceptors (Lipinski definition) is 4. The van der Waals surface area contributed by atoms with Gasteiger partial charge in [-0.15, -0.1) is 0 Å². The summed E-state index contributed by atoms with van der Waals surface area (Å²) in [5, 5.41) is 5.96. The first-order valence-corrected chi connectivity index (χ1v) is 10.8. The molecule has 32 heavy (non-hydrogen) atoms. The molecule has 6 heteroatoms. The van der Waals surface area contributed by atoms with Crippen LogP contribution < -0.4 is 15.4 Å². The summed E-state index contributed by atoms with van der Waals surface area (Å²) in [5.74, 6) is 0.0138. The number of carbonyl (C=O) groups is 2. The molecule has 0 aliphatic heterocycles. The Kier molecular flexibility index (Phi) is 7.97. The van der Waals surface area contributed by atoms with Gasteiger partial charge < -0.3 is 15.4 Å². The number of nitrogens with one attached hydrogen (secondary N) is 2. The lowest BCUT2D eigenvalue weighted by Crippen LogP contribution is -2.50. The van der Waals surface area contributed by atoms with E-state index in [2.05, 4.69) is 15.6 Å². The fourth-order valence-electron chi connectivity index (χ4n) is 3.38. The molecule has 0 bridgehead atoms. The minimum Gasteiger partial charge on any atom is -0.494 e. The lowest BCUT2D eigenvalue weighted by atomic mass is 9.99. The zero-order valence-electron chi connectivity index (χ0n) is 18.6. The van der Waals surface area contributed by atoms with Crippen molar-refractivity contribution in [2.24, 2.45) is 5.92 Å². The third-order valence-electron chi connectivity index (χ3n) is 5.07. The molecule has 0 aliphatic carbocycles. The number of rotatable bonds is 9. The SMILES string of the molecule is CCOc1ccc(C(=O)N[C@H](C(=O)NC(c2ccccc2)c2ccccn2)C(C)C)cc1. The van der Waals surface area contributed by atoms with Crippen LogP contribution in [0.2, 0.25) is 0 Å². The minimum absolute atomic E-state index is 0.109. The topological polar surface area (TPSA) is 80.3 Å². The first kappa shape index (κ1) is 23.0. The summed E-state index contributed by atoms with van der Waals surface area (Å²) in [6, 6.07) is 21.0. The van der Waals surface area contributed by atoms with Crippen LogP contribution in [0.4, 0.5) is 0 Å². The van der Waals surface area contributed by atoms with Crippen molar-refractivity contribution in [3.8, 4) is 5.75 Å². The van der Waals surface area contributed by atoms with Crippen LogP contribution in [0.3, 0.4) is 0 Å². The van der Waals surface area contributed by atoms with Crippen molar-refractivity contribution in [1.29, 1.82) is 0 Å². The van der Waals surface area contributed by atoms with E-state index in [9.17, 15) is 9.59 Å². The second-order valence-corrected chi connectivity index (χ2v) is 7.76. The molecule has 2 amide bonds. The maximum atomic E-state index is 13.3. The van der Waals surface area contributed by atoms with Crippen molar-refractivity contribution >= 4 is 11.8 Å². The molecule has 1 aromatic heterocycles. The Morgan fingerprint density at radius 3 is 2.19 bits per heavy atom. The van der Waals surface area contributed by atoms with Gasteiger partial charge >= 0.3 is 0 Å². The van der Waals surface area contributed by atoms with E-state index in [0.29, 0.717) is 17.9 Å². The van der Waals surface area contributed by atoms with Crippen LogP contribution >= 0.6 is 0 Å². The third kappa shape index (κ3) is 5.94. The molecule has 3 rings (SSSR count). The van der Waals surface area contributed by atoms with Crippen LogP contribution in [0.15, 0.2) is 79.0 Å². The highest BCUT2D eigenvalue weighted by atomic mass is 16.5. The van der Waals surface area contributed by atoms with Crippen LogP contribution in [0, 0.1) is 5.92 Å². The Morgan fingerprint density at radius 2 is 1.59 bits per heavy atom. The van der Waals surface area contributed by atoms with Gasteiger partial charge in [0.25, 0.3) is 5.91 Å². The van der Waals surface area contributed by atoms with Gasteiger partial charge in [-0.1, -0.05) is 50.2 Å². The van der Waals surface area contributed by atoms with Crippen molar-refractivity contribution in [3.63, 3.8) is 0 Å². The lowest BCUT2D eigenvalue weighted by Gasteiger charge is -2.26. The standard InChI is InChI=1S/C26H29N3O3/c1-4-32-21-15-13-20(14-16-21)25(30)28-23(18(2)3)26(31)29-24(19-10-6-5-7-11-19)22-12-8-9-17-27-22/h5-18,23-24H,4H2,1-3H3,(H,28,30)(H,29,31)/t23-,24?/m0/s1. The molecule has 1 unspecified atom stereocenters. The van der Waals surface area contributed by atoms with E-state index in [1.54, 1.807) is 30.5 Å². The summed E-state index contributed by atoms with van der Waals surface area (Å²) < 4.78 is 5.42. The van der Waals surface area contributed by atoms with Gasteiger partial charge in [0.05, 0.1) is 18.3 Å². The first-order valence-electron chi connectivity index (χ1n) is 10.8. The van der Waals surface area contributed by atoms with Crippen molar-refractivity contribution in [1.82, 2.24) is 15.6 Å². The molecular weight excluding hydrogens is 402 g/mol. The van der Waals surface area contributed by atoms with E-state index in [-0.39, 0.29) is 17.7 Å². The van der Waals surface area contributed by atoms with E-state index in [0.717, 1.165) is 11.3 Å². The second-order valence-electron chi connectivity index (χ2n) is 7.76. The highest BCUT2D eigenvalue weighted by molar-refractivity contribution is 5.97. The van der Waals surface area contributed by atoms with E-state index >= 15 is 0 Å². The molecule has 2 N–H and O–H groups in total. The summed E-state index contributed by atoms with van der Waals surface area (Å²) in [5.41, 5.74) is 2.11. The Morgan fingerprint density at radius 1 is 0.906 bits per heavy atom. The molecule has 3 aromatic rings. The molecule has 6 nitrogen and oxygen atoms in total. The summed E-state index contributed by atoms with van der Waals surface area (Å²) in [6.07, 6.45) is 1.70. The molecule has 2 atom stereocenters. The van der Waals surface area contributed by atoms with Crippen LogP contribution in [0.1, 0.15) is 48.4 Å². The number of aromatic nitrogens is 1. The Labute approximate surface area is 189 Å². The second kappa shape index (κ2) is 11.1. The maximum absolute atomic E-state index is 13.3. The fraction of sp³-hybridized carbons (Fsp3) is 0.269. The van der Waals surface area contributed by atoms with Crippen molar-refractivity contribution in [3.05, 3.63) is 95.8 Å². The number of carbonyl (C=O) groups excluding carboxylic acids is 2. The normalized spacial score (nSPS) is 12.6. The van der Waals surface area contributed by atoms with Gasteiger partial charge in [0.1, 0.15) is 11.8 Å². The van der Waals surface area contributed by atoms with Crippen molar-refractivity contribution < 1.29 is 14.3 Å². The average molecular weight is 432 g/mol. The predicted molar refractivity (Wildman–Crippen MR) is 124 cm³/mol. The zero-order valence-corrected chi connectivity index (χ0v) is 18.6. The van der Waals surface area contributed by atoms with E-state index in [1.165, 1.54) is 0 Å². The van der Waals surface area contributed by atoms with Crippen molar-refractivity contribution in [2.75, 3.05) is 6.61 Å². The number of nitrogens with zero attached hydrogens (tertiary/aromatic N) is 1. The zero-order chi connectivity index (χ0) is 22.9. The Balaban J connectivity index is 1.77. The number of ether oxygens (including phenoxy) is 1. The lowest BCUT2D eigenvalue weighted by molar-refractivity contribution is -0.124. The highest BCUT2D eigenvalue weighted by Gasteiger charge is 2.28. The largest absolute Gasteiger partial charge is 0.494 e. The summed E-state index contributed by atoms with van der Waals surface area (Å²) in [4.78, 5) is 30.5. The number of hydrogen-bond donors (Lipinski definition) is 2. The molecule has 0 spiro atoms. The quantitative estimate of drug-likeness (QED) is 0.534. The first-order chi connectivity index (χ1) is 15.5. The highest BCUT2D eigenvalue weighted by Crippen LogP contribution is 2.21. The summed E-state index contributed by atoms with van der Waals surface area (Å²) in [6.45, 7) is 6.27. The van der Waals surface area contributed by atoms with E-state index in [1.807, 2.05) is 69.3 Å². The molecular formula is C26H29N3O3. The molecule has 0 saturated heterocycles. The predicted octanol–water partition coefficient (Wildman–Crippen LogP) is 4.14.